The van der Waals surface area contributed by atoms with E-state index in [0.29, 0.717) is 44.6 Å². The summed E-state index contributed by atoms with van der Waals surface area (Å²) in [5, 5.41) is 6.67. The minimum absolute atomic E-state index is 0. The minimum Gasteiger partial charge on any atom is -0.381 e. The first-order chi connectivity index (χ1) is 13.9. The summed E-state index contributed by atoms with van der Waals surface area (Å²) in [5.74, 6) is 0.658. The Balaban J connectivity index is 0.00000320. The van der Waals surface area contributed by atoms with Gasteiger partial charge in [0.1, 0.15) is 0 Å². The zero-order chi connectivity index (χ0) is 20.7. The standard InChI is InChI=1S/C21H34N4O3S.HI/c1-22-20(24-17-21(29(2,26)27)10-13-28-14-11-21)23-15-19-9-6-12-25(19)16-18-7-4-3-5-8-18;/h3-5,7-8,19H,6,9-17H2,1-2H3,(H2,22,23,24);1H. The SMILES string of the molecule is CN=C(NCC1CCCN1Cc1ccccc1)NCC1(S(C)(=O)=O)CCOCC1.I. The number of halogens is 1. The van der Waals surface area contributed by atoms with Crippen LogP contribution in [0.5, 0.6) is 0 Å². The zero-order valence-corrected chi connectivity index (χ0v) is 21.1. The van der Waals surface area contributed by atoms with Crippen molar-refractivity contribution in [3.63, 3.8) is 0 Å². The maximum absolute atomic E-state index is 12.4. The third-order valence-electron chi connectivity index (χ3n) is 6.22. The fraction of sp³-hybridized carbons (Fsp3) is 0.667. The topological polar surface area (TPSA) is 83.0 Å². The molecule has 1 aromatic carbocycles. The maximum atomic E-state index is 12.4. The average Bonchev–Trinajstić information content (AvgIpc) is 3.16. The first-order valence-electron chi connectivity index (χ1n) is 10.4. The maximum Gasteiger partial charge on any atom is 0.191 e. The van der Waals surface area contributed by atoms with E-state index in [9.17, 15) is 8.42 Å². The first kappa shape index (κ1) is 25.4. The molecule has 1 aromatic rings. The van der Waals surface area contributed by atoms with Crippen molar-refractivity contribution >= 4 is 39.8 Å². The largest absolute Gasteiger partial charge is 0.381 e. The van der Waals surface area contributed by atoms with Gasteiger partial charge in [0.15, 0.2) is 15.8 Å². The molecule has 2 saturated heterocycles. The number of nitrogens with zero attached hydrogens (tertiary/aromatic N) is 2. The van der Waals surface area contributed by atoms with Gasteiger partial charge in [0.2, 0.25) is 0 Å². The smallest absolute Gasteiger partial charge is 0.191 e. The summed E-state index contributed by atoms with van der Waals surface area (Å²) in [7, 11) is -1.47. The Kier molecular flexibility index (Phi) is 9.83. The van der Waals surface area contributed by atoms with E-state index in [1.54, 1.807) is 7.05 Å². The molecule has 2 heterocycles. The van der Waals surface area contributed by atoms with Crippen LogP contribution in [0.15, 0.2) is 35.3 Å². The van der Waals surface area contributed by atoms with E-state index >= 15 is 0 Å². The lowest BCUT2D eigenvalue weighted by molar-refractivity contribution is 0.0756. The van der Waals surface area contributed by atoms with E-state index in [0.717, 1.165) is 26.1 Å². The van der Waals surface area contributed by atoms with Crippen molar-refractivity contribution < 1.29 is 13.2 Å². The number of hydrogen-bond donors (Lipinski definition) is 2. The molecule has 0 bridgehead atoms. The van der Waals surface area contributed by atoms with E-state index < -0.39 is 14.6 Å². The van der Waals surface area contributed by atoms with Crippen LogP contribution in [0.2, 0.25) is 0 Å². The van der Waals surface area contributed by atoms with Crippen molar-refractivity contribution in [3.8, 4) is 0 Å². The molecule has 9 heteroatoms. The third-order valence-corrected chi connectivity index (χ3v) is 8.35. The van der Waals surface area contributed by atoms with Crippen LogP contribution >= 0.6 is 24.0 Å². The number of benzene rings is 1. The fourth-order valence-electron chi connectivity index (χ4n) is 4.25. The van der Waals surface area contributed by atoms with Gasteiger partial charge >= 0.3 is 0 Å². The summed E-state index contributed by atoms with van der Waals surface area (Å²) >= 11 is 0. The van der Waals surface area contributed by atoms with Crippen LogP contribution in [-0.4, -0.2) is 76.2 Å². The van der Waals surface area contributed by atoms with Crippen molar-refractivity contribution in [1.29, 1.82) is 0 Å². The Bertz CT molecular complexity index is 783. The van der Waals surface area contributed by atoms with Crippen LogP contribution in [-0.2, 0) is 21.1 Å². The Labute approximate surface area is 198 Å². The second-order valence-corrected chi connectivity index (χ2v) is 10.5. The van der Waals surface area contributed by atoms with Gasteiger partial charge in [0.25, 0.3) is 0 Å². The highest BCUT2D eigenvalue weighted by atomic mass is 127. The molecular weight excluding hydrogens is 515 g/mol. The summed E-state index contributed by atoms with van der Waals surface area (Å²) < 4.78 is 29.5. The number of likely N-dealkylation sites (tertiary alicyclic amines) is 1. The van der Waals surface area contributed by atoms with Crippen molar-refractivity contribution in [2.24, 2.45) is 4.99 Å². The van der Waals surface area contributed by atoms with Crippen LogP contribution in [0.1, 0.15) is 31.2 Å². The summed E-state index contributed by atoms with van der Waals surface area (Å²) in [4.78, 5) is 6.81. The van der Waals surface area contributed by atoms with Gasteiger partial charge in [-0.05, 0) is 37.8 Å². The third kappa shape index (κ3) is 6.54. The van der Waals surface area contributed by atoms with Gasteiger partial charge in [0, 0.05) is 52.2 Å². The molecule has 2 aliphatic heterocycles. The summed E-state index contributed by atoms with van der Waals surface area (Å²) in [6, 6.07) is 11.0. The highest BCUT2D eigenvalue weighted by molar-refractivity contribution is 14.0. The predicted molar refractivity (Wildman–Crippen MR) is 132 cm³/mol. The van der Waals surface area contributed by atoms with E-state index in [-0.39, 0.29) is 24.0 Å². The number of nitrogens with one attached hydrogen (secondary N) is 2. The predicted octanol–water partition coefficient (Wildman–Crippen LogP) is 2.03. The van der Waals surface area contributed by atoms with Crippen LogP contribution < -0.4 is 10.6 Å². The fourth-order valence-corrected chi connectivity index (χ4v) is 5.50. The van der Waals surface area contributed by atoms with Gasteiger partial charge in [-0.15, -0.1) is 24.0 Å². The van der Waals surface area contributed by atoms with Crippen LogP contribution in [0.4, 0.5) is 0 Å². The molecule has 1 unspecified atom stereocenters. The quantitative estimate of drug-likeness (QED) is 0.307. The Morgan fingerprint density at radius 3 is 2.57 bits per heavy atom. The molecule has 2 fully saturated rings. The van der Waals surface area contributed by atoms with Gasteiger partial charge < -0.3 is 15.4 Å². The molecule has 0 aromatic heterocycles. The summed E-state index contributed by atoms with van der Waals surface area (Å²) in [5.41, 5.74) is 1.33. The number of guanidine groups is 1. The number of rotatable bonds is 7. The molecule has 2 aliphatic rings. The van der Waals surface area contributed by atoms with E-state index in [4.69, 9.17) is 4.74 Å². The van der Waals surface area contributed by atoms with Gasteiger partial charge in [-0.3, -0.25) is 9.89 Å². The molecular formula is C21H35IN4O3S. The second kappa shape index (κ2) is 11.6. The number of ether oxygens (including phenoxy) is 1. The molecule has 7 nitrogen and oxygen atoms in total. The molecule has 170 valence electrons. The molecule has 0 amide bonds. The lowest BCUT2D eigenvalue weighted by Gasteiger charge is -2.36. The Hall–Kier alpha value is -0.910. The Morgan fingerprint density at radius 1 is 1.23 bits per heavy atom. The van der Waals surface area contributed by atoms with E-state index in [1.165, 1.54) is 18.2 Å². The average molecular weight is 551 g/mol. The molecule has 0 spiro atoms. The minimum atomic E-state index is -3.20. The second-order valence-electron chi connectivity index (χ2n) is 8.13. The van der Waals surface area contributed by atoms with Gasteiger partial charge in [-0.25, -0.2) is 8.42 Å². The van der Waals surface area contributed by atoms with Gasteiger partial charge in [-0.2, -0.15) is 0 Å². The highest BCUT2D eigenvalue weighted by Gasteiger charge is 2.42. The molecule has 1 atom stereocenters. The molecule has 3 rings (SSSR count). The lowest BCUT2D eigenvalue weighted by Crippen LogP contribution is -2.54. The van der Waals surface area contributed by atoms with Crippen molar-refractivity contribution in [2.75, 3.05) is 46.2 Å². The highest BCUT2D eigenvalue weighted by Crippen LogP contribution is 2.28. The van der Waals surface area contributed by atoms with E-state index in [1.807, 2.05) is 6.07 Å². The number of hydrogen-bond acceptors (Lipinski definition) is 5. The normalized spacial score (nSPS) is 22.3. The van der Waals surface area contributed by atoms with Gasteiger partial charge in [-0.1, -0.05) is 30.3 Å². The van der Waals surface area contributed by atoms with Crippen molar-refractivity contribution in [1.82, 2.24) is 15.5 Å². The molecule has 0 radical (unpaired) electrons. The first-order valence-corrected chi connectivity index (χ1v) is 12.3. The van der Waals surface area contributed by atoms with Crippen LogP contribution in [0.3, 0.4) is 0 Å². The lowest BCUT2D eigenvalue weighted by atomic mass is 9.99. The van der Waals surface area contributed by atoms with Crippen LogP contribution in [0.25, 0.3) is 0 Å². The van der Waals surface area contributed by atoms with Crippen LogP contribution in [0, 0.1) is 0 Å². The van der Waals surface area contributed by atoms with Gasteiger partial charge in [0.05, 0.1) is 4.75 Å². The monoisotopic (exact) mass is 550 g/mol. The number of aliphatic imine (C=N–C) groups is 1. The molecule has 0 aliphatic carbocycles. The Morgan fingerprint density at radius 2 is 1.93 bits per heavy atom. The molecule has 0 saturated carbocycles. The zero-order valence-electron chi connectivity index (χ0n) is 18.0. The van der Waals surface area contributed by atoms with Crippen molar-refractivity contribution in [3.05, 3.63) is 35.9 Å². The van der Waals surface area contributed by atoms with Crippen molar-refractivity contribution in [2.45, 2.75) is 43.0 Å². The summed E-state index contributed by atoms with van der Waals surface area (Å²) in [6.45, 7) is 4.17. The molecule has 30 heavy (non-hydrogen) atoms. The van der Waals surface area contributed by atoms with E-state index in [2.05, 4.69) is 44.8 Å². The number of sulfone groups is 1. The molecule has 2 N–H and O–H groups in total. The summed E-state index contributed by atoms with van der Waals surface area (Å²) in [6.07, 6.45) is 4.71.